The van der Waals surface area contributed by atoms with Gasteiger partial charge in [0.2, 0.25) is 0 Å². The minimum atomic E-state index is 0.223. The van der Waals surface area contributed by atoms with E-state index in [4.69, 9.17) is 27.6 Å². The molecule has 1 aliphatic carbocycles. The van der Waals surface area contributed by atoms with Crippen LogP contribution in [-0.4, -0.2) is 0 Å². The number of hydrogen-bond donors (Lipinski definition) is 1. The lowest BCUT2D eigenvalue weighted by molar-refractivity contribution is 0.371. The summed E-state index contributed by atoms with van der Waals surface area (Å²) in [5, 5.41) is 5.14. The van der Waals surface area contributed by atoms with E-state index in [-0.39, 0.29) is 6.04 Å². The van der Waals surface area contributed by atoms with Gasteiger partial charge in [-0.05, 0) is 43.0 Å². The number of halogens is 2. The molecule has 1 N–H and O–H groups in total. The summed E-state index contributed by atoms with van der Waals surface area (Å²) in [6.45, 7) is 2.17. The molecule has 0 saturated heterocycles. The summed E-state index contributed by atoms with van der Waals surface area (Å²) in [6.07, 6.45) is 6.10. The molecular formula is C17H19Cl2NO. The average Bonchev–Trinajstić information content (AvgIpc) is 2.94. The van der Waals surface area contributed by atoms with E-state index in [1.165, 1.54) is 5.56 Å². The van der Waals surface area contributed by atoms with Crippen LogP contribution in [0.2, 0.25) is 10.0 Å². The van der Waals surface area contributed by atoms with Gasteiger partial charge in [0.1, 0.15) is 5.76 Å². The Morgan fingerprint density at radius 3 is 2.95 bits per heavy atom. The second-order valence-electron chi connectivity index (χ2n) is 5.54. The second kappa shape index (κ2) is 6.43. The number of benzene rings is 1. The van der Waals surface area contributed by atoms with Crippen LogP contribution in [0.15, 0.2) is 34.9 Å². The Labute approximate surface area is 135 Å². The molecule has 2 nitrogen and oxygen atoms in total. The number of rotatable bonds is 4. The van der Waals surface area contributed by atoms with Crippen molar-refractivity contribution in [1.29, 1.82) is 0 Å². The Balaban J connectivity index is 1.83. The molecule has 1 aliphatic rings. The molecule has 0 amide bonds. The number of aryl methyl sites for hydroxylation is 1. The van der Waals surface area contributed by atoms with Crippen molar-refractivity contribution in [3.8, 4) is 0 Å². The van der Waals surface area contributed by atoms with Crippen LogP contribution in [0.3, 0.4) is 0 Å². The van der Waals surface area contributed by atoms with Crippen LogP contribution in [0.25, 0.3) is 0 Å². The van der Waals surface area contributed by atoms with Crippen LogP contribution in [0, 0.1) is 0 Å². The Bertz CT molecular complexity index is 623. The molecule has 0 aliphatic heterocycles. The van der Waals surface area contributed by atoms with E-state index in [0.29, 0.717) is 11.1 Å². The largest absolute Gasteiger partial charge is 0.469 e. The zero-order valence-electron chi connectivity index (χ0n) is 12.0. The van der Waals surface area contributed by atoms with Gasteiger partial charge in [0.15, 0.2) is 0 Å². The van der Waals surface area contributed by atoms with E-state index >= 15 is 0 Å². The molecule has 0 radical (unpaired) electrons. The first-order valence-electron chi connectivity index (χ1n) is 7.46. The molecular weight excluding hydrogens is 305 g/mol. The zero-order valence-corrected chi connectivity index (χ0v) is 13.5. The average molecular weight is 324 g/mol. The van der Waals surface area contributed by atoms with Crippen LogP contribution in [0.1, 0.15) is 55.2 Å². The summed E-state index contributed by atoms with van der Waals surface area (Å²) in [7, 11) is 0. The molecule has 1 aromatic carbocycles. The van der Waals surface area contributed by atoms with E-state index in [1.807, 2.05) is 18.2 Å². The van der Waals surface area contributed by atoms with Crippen molar-refractivity contribution in [3.05, 3.63) is 57.5 Å². The third-order valence-electron chi connectivity index (χ3n) is 4.20. The first-order chi connectivity index (χ1) is 10.2. The van der Waals surface area contributed by atoms with Crippen molar-refractivity contribution in [3.63, 3.8) is 0 Å². The number of nitrogens with one attached hydrogen (secondary N) is 1. The van der Waals surface area contributed by atoms with Crippen molar-refractivity contribution < 1.29 is 4.42 Å². The molecule has 3 rings (SSSR count). The Hall–Kier alpha value is -0.960. The fourth-order valence-corrected chi connectivity index (χ4v) is 3.65. The Morgan fingerprint density at radius 2 is 2.19 bits per heavy atom. The highest BCUT2D eigenvalue weighted by molar-refractivity contribution is 6.35. The fourth-order valence-electron chi connectivity index (χ4n) is 3.11. The first-order valence-corrected chi connectivity index (χ1v) is 8.22. The minimum Gasteiger partial charge on any atom is -0.469 e. The van der Waals surface area contributed by atoms with Crippen molar-refractivity contribution >= 4 is 23.2 Å². The number of hydrogen-bond acceptors (Lipinski definition) is 2. The van der Waals surface area contributed by atoms with E-state index in [9.17, 15) is 0 Å². The summed E-state index contributed by atoms with van der Waals surface area (Å²) >= 11 is 12.3. The third-order valence-corrected chi connectivity index (χ3v) is 4.76. The van der Waals surface area contributed by atoms with Gasteiger partial charge in [0.05, 0.1) is 6.26 Å². The van der Waals surface area contributed by atoms with E-state index < -0.39 is 0 Å². The topological polar surface area (TPSA) is 25.2 Å². The van der Waals surface area contributed by atoms with Crippen molar-refractivity contribution in [2.75, 3.05) is 0 Å². The lowest BCUT2D eigenvalue weighted by Gasteiger charge is -2.28. The summed E-state index contributed by atoms with van der Waals surface area (Å²) in [5.74, 6) is 1.12. The van der Waals surface area contributed by atoms with Gasteiger partial charge >= 0.3 is 0 Å². The summed E-state index contributed by atoms with van der Waals surface area (Å²) in [6, 6.07) is 8.38. The third kappa shape index (κ3) is 3.13. The summed E-state index contributed by atoms with van der Waals surface area (Å²) in [5.41, 5.74) is 2.41. The predicted molar refractivity (Wildman–Crippen MR) is 87.0 cm³/mol. The zero-order chi connectivity index (χ0) is 14.8. The highest BCUT2D eigenvalue weighted by Crippen LogP contribution is 2.35. The van der Waals surface area contributed by atoms with Gasteiger partial charge < -0.3 is 9.73 Å². The van der Waals surface area contributed by atoms with Crippen LogP contribution in [0.4, 0.5) is 0 Å². The second-order valence-corrected chi connectivity index (χ2v) is 6.38. The van der Waals surface area contributed by atoms with Gasteiger partial charge in [-0.2, -0.15) is 0 Å². The highest BCUT2D eigenvalue weighted by Gasteiger charge is 2.25. The minimum absolute atomic E-state index is 0.223. The Kier molecular flexibility index (Phi) is 4.58. The van der Waals surface area contributed by atoms with Gasteiger partial charge in [-0.25, -0.2) is 0 Å². The maximum atomic E-state index is 6.36. The highest BCUT2D eigenvalue weighted by atomic mass is 35.5. The molecule has 21 heavy (non-hydrogen) atoms. The lowest BCUT2D eigenvalue weighted by Crippen LogP contribution is -2.28. The van der Waals surface area contributed by atoms with Crippen LogP contribution >= 0.6 is 23.2 Å². The summed E-state index contributed by atoms with van der Waals surface area (Å²) in [4.78, 5) is 0. The molecule has 1 heterocycles. The Morgan fingerprint density at radius 1 is 1.33 bits per heavy atom. The molecule has 2 unspecified atom stereocenters. The molecule has 0 spiro atoms. The number of furan rings is 1. The van der Waals surface area contributed by atoms with Crippen molar-refractivity contribution in [2.24, 2.45) is 0 Å². The van der Waals surface area contributed by atoms with E-state index in [1.54, 1.807) is 6.26 Å². The smallest absolute Gasteiger partial charge is 0.108 e. The van der Waals surface area contributed by atoms with Crippen LogP contribution in [-0.2, 0) is 6.42 Å². The van der Waals surface area contributed by atoms with Gasteiger partial charge in [0.25, 0.3) is 0 Å². The van der Waals surface area contributed by atoms with Crippen LogP contribution < -0.4 is 5.32 Å². The normalized spacial score (nSPS) is 19.3. The summed E-state index contributed by atoms with van der Waals surface area (Å²) < 4.78 is 5.56. The van der Waals surface area contributed by atoms with Crippen molar-refractivity contribution in [1.82, 2.24) is 5.32 Å². The SMILES string of the molecule is CCC(NC1CCCc2occc21)c1ccc(Cl)cc1Cl. The molecule has 0 saturated carbocycles. The monoisotopic (exact) mass is 323 g/mol. The lowest BCUT2D eigenvalue weighted by atomic mass is 9.91. The van der Waals surface area contributed by atoms with Gasteiger partial charge in [-0.3, -0.25) is 0 Å². The van der Waals surface area contributed by atoms with E-state index in [2.05, 4.69) is 18.3 Å². The quantitative estimate of drug-likeness (QED) is 0.780. The number of fused-ring (bicyclic) bond motifs is 1. The first kappa shape index (κ1) is 15.0. The molecule has 4 heteroatoms. The molecule has 0 fully saturated rings. The predicted octanol–water partition coefficient (Wildman–Crippen LogP) is 5.70. The van der Waals surface area contributed by atoms with Gasteiger partial charge in [0, 0.05) is 34.1 Å². The maximum Gasteiger partial charge on any atom is 0.108 e. The molecule has 1 aromatic heterocycles. The standard InChI is InChI=1S/C17H19Cl2NO/c1-2-15(12-7-6-11(18)10-14(12)19)20-16-4-3-5-17-13(16)8-9-21-17/h6-10,15-16,20H,2-5H2,1H3. The maximum absolute atomic E-state index is 6.36. The fraction of sp³-hybridized carbons (Fsp3) is 0.412. The van der Waals surface area contributed by atoms with Gasteiger partial charge in [-0.15, -0.1) is 0 Å². The van der Waals surface area contributed by atoms with Gasteiger partial charge in [-0.1, -0.05) is 36.2 Å². The van der Waals surface area contributed by atoms with Crippen molar-refractivity contribution in [2.45, 2.75) is 44.7 Å². The molecule has 112 valence electrons. The van der Waals surface area contributed by atoms with Crippen LogP contribution in [0.5, 0.6) is 0 Å². The molecule has 2 aromatic rings. The molecule has 2 atom stereocenters. The van der Waals surface area contributed by atoms with E-state index in [0.717, 1.165) is 42.0 Å². The molecule has 0 bridgehead atoms.